The molecule has 1 heterocycles. The Hall–Kier alpha value is -3.63. The van der Waals surface area contributed by atoms with Crippen LogP contribution in [0.4, 0.5) is 11.4 Å². The SMILES string of the molecule is CCn1c(=O)sc2cc(NC(=O)CN(c3ccccc3Oc3ccccc3)S(C)(=O)=O)ccc21. The molecule has 10 heteroatoms. The number of hydrogen-bond donors (Lipinski definition) is 1. The number of anilines is 2. The zero-order valence-corrected chi connectivity index (χ0v) is 20.2. The summed E-state index contributed by atoms with van der Waals surface area (Å²) in [5.41, 5.74) is 1.52. The average Bonchev–Trinajstić information content (AvgIpc) is 3.12. The maximum absolute atomic E-state index is 12.9. The number of rotatable bonds is 8. The van der Waals surface area contributed by atoms with Crippen molar-refractivity contribution in [2.75, 3.05) is 22.4 Å². The molecule has 34 heavy (non-hydrogen) atoms. The Morgan fingerprint density at radius 1 is 1.06 bits per heavy atom. The van der Waals surface area contributed by atoms with Crippen LogP contribution < -0.4 is 19.2 Å². The van der Waals surface area contributed by atoms with E-state index in [1.807, 2.05) is 25.1 Å². The summed E-state index contributed by atoms with van der Waals surface area (Å²) in [7, 11) is -3.81. The highest BCUT2D eigenvalue weighted by Crippen LogP contribution is 2.33. The number of nitrogens with zero attached hydrogens (tertiary/aromatic N) is 2. The lowest BCUT2D eigenvalue weighted by Crippen LogP contribution is -2.37. The highest BCUT2D eigenvalue weighted by molar-refractivity contribution is 7.92. The van der Waals surface area contributed by atoms with E-state index in [4.69, 9.17) is 4.74 Å². The Morgan fingerprint density at radius 3 is 2.47 bits per heavy atom. The first-order valence-corrected chi connectivity index (χ1v) is 13.2. The number of aryl methyl sites for hydroxylation is 1. The number of sulfonamides is 1. The molecule has 176 valence electrons. The lowest BCUT2D eigenvalue weighted by molar-refractivity contribution is -0.114. The molecule has 1 N–H and O–H groups in total. The molecule has 0 aliphatic carbocycles. The van der Waals surface area contributed by atoms with E-state index in [9.17, 15) is 18.0 Å². The number of ether oxygens (including phenoxy) is 1. The molecule has 8 nitrogen and oxygen atoms in total. The van der Waals surface area contributed by atoms with Crippen molar-refractivity contribution in [3.63, 3.8) is 0 Å². The number of carbonyl (C=O) groups excluding carboxylic acids is 1. The van der Waals surface area contributed by atoms with Crippen molar-refractivity contribution < 1.29 is 17.9 Å². The summed E-state index contributed by atoms with van der Waals surface area (Å²) in [5, 5.41) is 2.73. The van der Waals surface area contributed by atoms with E-state index < -0.39 is 22.5 Å². The number of benzene rings is 3. The van der Waals surface area contributed by atoms with E-state index in [1.165, 1.54) is 0 Å². The third-order valence-electron chi connectivity index (χ3n) is 5.06. The molecule has 0 saturated carbocycles. The van der Waals surface area contributed by atoms with Crippen LogP contribution >= 0.6 is 11.3 Å². The highest BCUT2D eigenvalue weighted by atomic mass is 32.2. The van der Waals surface area contributed by atoms with Crippen molar-refractivity contribution in [2.45, 2.75) is 13.5 Å². The topological polar surface area (TPSA) is 97.7 Å². The summed E-state index contributed by atoms with van der Waals surface area (Å²) in [5.74, 6) is 0.319. The number of hydrogen-bond acceptors (Lipinski definition) is 6. The minimum absolute atomic E-state index is 0.0701. The summed E-state index contributed by atoms with van der Waals surface area (Å²) < 4.78 is 34.5. The largest absolute Gasteiger partial charge is 0.455 e. The van der Waals surface area contributed by atoms with Gasteiger partial charge in [0.2, 0.25) is 15.9 Å². The van der Waals surface area contributed by atoms with Crippen LogP contribution in [-0.4, -0.2) is 31.7 Å². The molecule has 3 aromatic carbocycles. The summed E-state index contributed by atoms with van der Waals surface area (Å²) in [4.78, 5) is 24.9. The van der Waals surface area contributed by atoms with Crippen LogP contribution in [0.2, 0.25) is 0 Å². The molecule has 1 aromatic heterocycles. The molecule has 0 aliphatic rings. The van der Waals surface area contributed by atoms with E-state index in [2.05, 4.69) is 5.32 Å². The molecule has 0 unspecified atom stereocenters. The van der Waals surface area contributed by atoms with Crippen LogP contribution in [0.25, 0.3) is 10.2 Å². The van der Waals surface area contributed by atoms with Crippen molar-refractivity contribution in [3.8, 4) is 11.5 Å². The van der Waals surface area contributed by atoms with Crippen LogP contribution in [0.1, 0.15) is 6.92 Å². The first kappa shape index (κ1) is 23.5. The summed E-state index contributed by atoms with van der Waals surface area (Å²) in [6.07, 6.45) is 1.04. The molecule has 0 bridgehead atoms. The maximum Gasteiger partial charge on any atom is 0.308 e. The molecule has 4 aromatic rings. The smallest absolute Gasteiger partial charge is 0.308 e. The molecule has 4 rings (SSSR count). The average molecular weight is 498 g/mol. The first-order chi connectivity index (χ1) is 16.3. The second kappa shape index (κ2) is 9.70. The normalized spacial score (nSPS) is 11.4. The highest BCUT2D eigenvalue weighted by Gasteiger charge is 2.24. The Kier molecular flexibility index (Phi) is 6.71. The predicted molar refractivity (Wildman–Crippen MR) is 136 cm³/mol. The Morgan fingerprint density at radius 2 is 1.76 bits per heavy atom. The Labute approximate surface area is 201 Å². The van der Waals surface area contributed by atoms with Crippen molar-refractivity contribution in [1.82, 2.24) is 4.57 Å². The zero-order chi connectivity index (χ0) is 24.3. The number of fused-ring (bicyclic) bond motifs is 1. The number of thiazole rings is 1. The van der Waals surface area contributed by atoms with E-state index >= 15 is 0 Å². The van der Waals surface area contributed by atoms with Gasteiger partial charge in [-0.1, -0.05) is 41.7 Å². The fourth-order valence-electron chi connectivity index (χ4n) is 3.52. The van der Waals surface area contributed by atoms with Crippen molar-refractivity contribution >= 4 is 48.9 Å². The van der Waals surface area contributed by atoms with Crippen LogP contribution in [-0.2, 0) is 21.4 Å². The number of para-hydroxylation sites is 3. The van der Waals surface area contributed by atoms with Crippen molar-refractivity contribution in [3.05, 3.63) is 82.5 Å². The molecule has 0 spiro atoms. The molecule has 0 fully saturated rings. The second-order valence-electron chi connectivity index (χ2n) is 7.50. The lowest BCUT2D eigenvalue weighted by atomic mass is 10.2. The zero-order valence-electron chi connectivity index (χ0n) is 18.6. The third kappa shape index (κ3) is 5.13. The number of amides is 1. The number of aromatic nitrogens is 1. The maximum atomic E-state index is 12.9. The lowest BCUT2D eigenvalue weighted by Gasteiger charge is -2.24. The standard InChI is InChI=1S/C24H23N3O5S2/c1-3-26-20-14-13-17(15-22(20)33-24(26)29)25-23(28)16-27(34(2,30)31)19-11-7-8-12-21(19)32-18-9-5-4-6-10-18/h4-15H,3,16H2,1-2H3,(H,25,28). The first-order valence-electron chi connectivity index (χ1n) is 10.5. The van der Waals surface area contributed by atoms with Gasteiger partial charge in [0.25, 0.3) is 0 Å². The monoisotopic (exact) mass is 497 g/mol. The van der Waals surface area contributed by atoms with E-state index in [0.29, 0.717) is 23.7 Å². The van der Waals surface area contributed by atoms with Crippen LogP contribution in [0.3, 0.4) is 0 Å². The van der Waals surface area contributed by atoms with E-state index in [-0.39, 0.29) is 10.6 Å². The minimum Gasteiger partial charge on any atom is -0.455 e. The van der Waals surface area contributed by atoms with Gasteiger partial charge in [-0.3, -0.25) is 18.5 Å². The summed E-state index contributed by atoms with van der Waals surface area (Å²) >= 11 is 1.10. The van der Waals surface area contributed by atoms with E-state index in [0.717, 1.165) is 32.1 Å². The minimum atomic E-state index is -3.81. The molecule has 0 atom stereocenters. The van der Waals surface area contributed by atoms with Gasteiger partial charge < -0.3 is 10.1 Å². The molecule has 0 aliphatic heterocycles. The van der Waals surface area contributed by atoms with Gasteiger partial charge in [-0.25, -0.2) is 8.42 Å². The van der Waals surface area contributed by atoms with Crippen molar-refractivity contribution in [2.24, 2.45) is 0 Å². The Balaban J connectivity index is 1.59. The predicted octanol–water partition coefficient (Wildman–Crippen LogP) is 4.28. The van der Waals surface area contributed by atoms with Gasteiger partial charge in [0, 0.05) is 12.2 Å². The number of carbonyl (C=O) groups is 1. The van der Waals surface area contributed by atoms with E-state index in [1.54, 1.807) is 59.2 Å². The van der Waals surface area contributed by atoms with Gasteiger partial charge in [-0.15, -0.1) is 0 Å². The van der Waals surface area contributed by atoms with Crippen LogP contribution in [0.5, 0.6) is 11.5 Å². The van der Waals surface area contributed by atoms with Crippen molar-refractivity contribution in [1.29, 1.82) is 0 Å². The Bertz CT molecular complexity index is 1490. The molecule has 0 saturated heterocycles. The molecular weight excluding hydrogens is 474 g/mol. The number of nitrogens with one attached hydrogen (secondary N) is 1. The van der Waals surface area contributed by atoms with Crippen LogP contribution in [0, 0.1) is 0 Å². The second-order valence-corrected chi connectivity index (χ2v) is 10.4. The van der Waals surface area contributed by atoms with Gasteiger partial charge in [0.15, 0.2) is 5.75 Å². The fraction of sp³-hybridized carbons (Fsp3) is 0.167. The molecule has 1 amide bonds. The quantitative estimate of drug-likeness (QED) is 0.392. The van der Waals surface area contributed by atoms with Gasteiger partial charge in [-0.2, -0.15) is 0 Å². The molecule has 0 radical (unpaired) electrons. The van der Waals surface area contributed by atoms with Crippen LogP contribution in [0.15, 0.2) is 77.6 Å². The summed E-state index contributed by atoms with van der Waals surface area (Å²) in [6.45, 7) is 2.00. The third-order valence-corrected chi connectivity index (χ3v) is 7.13. The summed E-state index contributed by atoms with van der Waals surface area (Å²) in [6, 6.07) is 20.8. The van der Waals surface area contributed by atoms with Gasteiger partial charge in [0.1, 0.15) is 12.3 Å². The molecular formula is C24H23N3O5S2. The fourth-order valence-corrected chi connectivity index (χ4v) is 5.37. The van der Waals surface area contributed by atoms with Gasteiger partial charge in [0.05, 0.1) is 22.2 Å². The van der Waals surface area contributed by atoms with Gasteiger partial charge in [-0.05, 0) is 49.4 Å². The van der Waals surface area contributed by atoms with Gasteiger partial charge >= 0.3 is 4.87 Å².